The largest absolute Gasteiger partial charge is 0.378 e. The molecule has 1 fully saturated rings. The first-order valence-electron chi connectivity index (χ1n) is 7.32. The fourth-order valence-electron chi connectivity index (χ4n) is 2.36. The monoisotopic (exact) mass is 263 g/mol. The van der Waals surface area contributed by atoms with E-state index in [4.69, 9.17) is 4.74 Å². The molecule has 1 N–H and O–H groups in total. The first-order valence-corrected chi connectivity index (χ1v) is 7.32. The van der Waals surface area contributed by atoms with Crippen LogP contribution in [0.25, 0.3) is 0 Å². The number of rotatable bonds is 5. The van der Waals surface area contributed by atoms with Crippen molar-refractivity contribution in [1.82, 2.24) is 15.3 Å². The molecule has 1 unspecified atom stereocenters. The molecule has 4 heteroatoms. The topological polar surface area (TPSA) is 47.0 Å². The van der Waals surface area contributed by atoms with Gasteiger partial charge in [-0.1, -0.05) is 13.8 Å². The highest BCUT2D eigenvalue weighted by Crippen LogP contribution is 2.16. The molecule has 0 saturated carbocycles. The molecule has 0 radical (unpaired) electrons. The van der Waals surface area contributed by atoms with Crippen LogP contribution in [0.15, 0.2) is 6.07 Å². The zero-order valence-electron chi connectivity index (χ0n) is 12.3. The maximum atomic E-state index is 5.76. The van der Waals surface area contributed by atoms with Crippen molar-refractivity contribution in [2.45, 2.75) is 65.1 Å². The Morgan fingerprint density at radius 2 is 2.21 bits per heavy atom. The molecule has 1 saturated heterocycles. The van der Waals surface area contributed by atoms with E-state index >= 15 is 0 Å². The van der Waals surface area contributed by atoms with Crippen LogP contribution in [0.2, 0.25) is 0 Å². The summed E-state index contributed by atoms with van der Waals surface area (Å²) in [6, 6.07) is 2.53. The summed E-state index contributed by atoms with van der Waals surface area (Å²) in [5, 5.41) is 3.40. The lowest BCUT2D eigenvalue weighted by Crippen LogP contribution is -2.25. The molecule has 1 aromatic heterocycles. The van der Waals surface area contributed by atoms with Gasteiger partial charge in [0.15, 0.2) is 0 Å². The van der Waals surface area contributed by atoms with Crippen molar-refractivity contribution in [3.63, 3.8) is 0 Å². The molecule has 1 aromatic rings. The quantitative estimate of drug-likeness (QED) is 0.886. The molecule has 1 aliphatic heterocycles. The minimum absolute atomic E-state index is 0.307. The van der Waals surface area contributed by atoms with Crippen molar-refractivity contribution < 1.29 is 4.74 Å². The molecule has 1 aliphatic rings. The standard InChI is InChI=1S/C15H25N3O/c1-11(2)16-10-13-8-12(3)17-15(18-13)9-14-6-4-5-7-19-14/h8,11,14,16H,4-7,9-10H2,1-3H3. The first kappa shape index (κ1) is 14.4. The van der Waals surface area contributed by atoms with E-state index < -0.39 is 0 Å². The predicted octanol–water partition coefficient (Wildman–Crippen LogP) is 2.39. The highest BCUT2D eigenvalue weighted by atomic mass is 16.5. The third-order valence-corrected chi connectivity index (χ3v) is 3.33. The van der Waals surface area contributed by atoms with Crippen LogP contribution in [0.3, 0.4) is 0 Å². The van der Waals surface area contributed by atoms with Crippen LogP contribution in [-0.2, 0) is 17.7 Å². The second-order valence-corrected chi connectivity index (χ2v) is 5.65. The lowest BCUT2D eigenvalue weighted by molar-refractivity contribution is 0.0156. The summed E-state index contributed by atoms with van der Waals surface area (Å²) in [6.07, 6.45) is 4.74. The minimum Gasteiger partial charge on any atom is -0.378 e. The zero-order chi connectivity index (χ0) is 13.7. The summed E-state index contributed by atoms with van der Waals surface area (Å²) in [4.78, 5) is 9.18. The third kappa shape index (κ3) is 4.88. The molecule has 2 rings (SSSR count). The van der Waals surface area contributed by atoms with Gasteiger partial charge in [0.05, 0.1) is 11.8 Å². The molecule has 4 nitrogen and oxygen atoms in total. The van der Waals surface area contributed by atoms with E-state index in [2.05, 4.69) is 35.2 Å². The normalized spacial score (nSPS) is 19.9. The number of hydrogen-bond acceptors (Lipinski definition) is 4. The maximum Gasteiger partial charge on any atom is 0.131 e. The van der Waals surface area contributed by atoms with Crippen LogP contribution < -0.4 is 5.32 Å². The van der Waals surface area contributed by atoms with Crippen molar-refractivity contribution in [2.75, 3.05) is 6.61 Å². The molecule has 0 amide bonds. The summed E-state index contributed by atoms with van der Waals surface area (Å²) >= 11 is 0. The Bertz CT molecular complexity index is 400. The van der Waals surface area contributed by atoms with Crippen molar-refractivity contribution in [1.29, 1.82) is 0 Å². The fraction of sp³-hybridized carbons (Fsp3) is 0.733. The van der Waals surface area contributed by atoms with Gasteiger partial charge in [0.25, 0.3) is 0 Å². The van der Waals surface area contributed by atoms with Gasteiger partial charge in [0.1, 0.15) is 5.82 Å². The van der Waals surface area contributed by atoms with Gasteiger partial charge in [0, 0.05) is 31.3 Å². The zero-order valence-corrected chi connectivity index (χ0v) is 12.3. The van der Waals surface area contributed by atoms with Gasteiger partial charge in [-0.15, -0.1) is 0 Å². The van der Waals surface area contributed by atoms with Crippen LogP contribution in [-0.4, -0.2) is 28.7 Å². The Labute approximate surface area is 116 Å². The summed E-state index contributed by atoms with van der Waals surface area (Å²) in [7, 11) is 0. The molecule has 106 valence electrons. The van der Waals surface area contributed by atoms with Crippen molar-refractivity contribution in [3.05, 3.63) is 23.3 Å². The van der Waals surface area contributed by atoms with Gasteiger partial charge in [-0.3, -0.25) is 0 Å². The first-order chi connectivity index (χ1) is 9.13. The molecule has 0 bridgehead atoms. The third-order valence-electron chi connectivity index (χ3n) is 3.33. The summed E-state index contributed by atoms with van der Waals surface area (Å²) in [5.74, 6) is 0.924. The molecule has 0 aliphatic carbocycles. The van der Waals surface area contributed by atoms with Gasteiger partial charge in [-0.05, 0) is 32.3 Å². The number of hydrogen-bond donors (Lipinski definition) is 1. The van der Waals surface area contributed by atoms with Crippen molar-refractivity contribution >= 4 is 0 Å². The van der Waals surface area contributed by atoms with Crippen LogP contribution in [0.5, 0.6) is 0 Å². The highest BCUT2D eigenvalue weighted by molar-refractivity contribution is 5.10. The molecule has 2 heterocycles. The van der Waals surface area contributed by atoms with Crippen LogP contribution in [0.1, 0.15) is 50.3 Å². The van der Waals surface area contributed by atoms with E-state index in [1.807, 2.05) is 6.92 Å². The SMILES string of the molecule is Cc1cc(CNC(C)C)nc(CC2CCCCO2)n1. The Morgan fingerprint density at radius 1 is 1.37 bits per heavy atom. The Balaban J connectivity index is 1.99. The number of aromatic nitrogens is 2. The number of nitrogens with one attached hydrogen (secondary N) is 1. The Hall–Kier alpha value is -1.00. The summed E-state index contributed by atoms with van der Waals surface area (Å²) in [6.45, 7) is 8.01. The predicted molar refractivity (Wildman–Crippen MR) is 76.0 cm³/mol. The average molecular weight is 263 g/mol. The molecule has 19 heavy (non-hydrogen) atoms. The summed E-state index contributed by atoms with van der Waals surface area (Å²) < 4.78 is 5.76. The molecular weight excluding hydrogens is 238 g/mol. The second-order valence-electron chi connectivity index (χ2n) is 5.65. The Morgan fingerprint density at radius 3 is 2.89 bits per heavy atom. The van der Waals surface area contributed by atoms with E-state index in [0.717, 1.165) is 43.2 Å². The summed E-state index contributed by atoms with van der Waals surface area (Å²) in [5.41, 5.74) is 2.12. The van der Waals surface area contributed by atoms with Gasteiger partial charge in [-0.2, -0.15) is 0 Å². The van der Waals surface area contributed by atoms with E-state index in [0.29, 0.717) is 12.1 Å². The highest BCUT2D eigenvalue weighted by Gasteiger charge is 2.16. The van der Waals surface area contributed by atoms with Crippen LogP contribution in [0, 0.1) is 6.92 Å². The minimum atomic E-state index is 0.307. The van der Waals surface area contributed by atoms with Crippen LogP contribution in [0.4, 0.5) is 0 Å². The number of aryl methyl sites for hydroxylation is 1. The van der Waals surface area contributed by atoms with Gasteiger partial charge in [0.2, 0.25) is 0 Å². The van der Waals surface area contributed by atoms with E-state index in [1.54, 1.807) is 0 Å². The van der Waals surface area contributed by atoms with Crippen LogP contribution >= 0.6 is 0 Å². The van der Waals surface area contributed by atoms with E-state index in [9.17, 15) is 0 Å². The molecule has 0 aromatic carbocycles. The van der Waals surface area contributed by atoms with Gasteiger partial charge < -0.3 is 10.1 Å². The van der Waals surface area contributed by atoms with Gasteiger partial charge in [-0.25, -0.2) is 9.97 Å². The lowest BCUT2D eigenvalue weighted by Gasteiger charge is -2.22. The molecule has 0 spiro atoms. The van der Waals surface area contributed by atoms with E-state index in [1.165, 1.54) is 12.8 Å². The average Bonchev–Trinajstić information content (AvgIpc) is 2.37. The smallest absolute Gasteiger partial charge is 0.131 e. The molecular formula is C15H25N3O. The molecule has 1 atom stereocenters. The number of nitrogens with zero attached hydrogens (tertiary/aromatic N) is 2. The van der Waals surface area contributed by atoms with Crippen molar-refractivity contribution in [3.8, 4) is 0 Å². The second kappa shape index (κ2) is 6.96. The number of ether oxygens (including phenoxy) is 1. The van der Waals surface area contributed by atoms with E-state index in [-0.39, 0.29) is 0 Å². The maximum absolute atomic E-state index is 5.76. The Kier molecular flexibility index (Phi) is 5.28. The van der Waals surface area contributed by atoms with Gasteiger partial charge >= 0.3 is 0 Å². The van der Waals surface area contributed by atoms with Crippen molar-refractivity contribution in [2.24, 2.45) is 0 Å². The fourth-order valence-corrected chi connectivity index (χ4v) is 2.36. The lowest BCUT2D eigenvalue weighted by atomic mass is 10.1.